The van der Waals surface area contributed by atoms with Gasteiger partial charge in [-0.2, -0.15) is 0 Å². The number of rotatable bonds is 2. The smallest absolute Gasteiger partial charge is 0.259 e. The summed E-state index contributed by atoms with van der Waals surface area (Å²) in [6.07, 6.45) is 5.12. The third-order valence-corrected chi connectivity index (χ3v) is 3.82. The molecule has 1 aliphatic rings. The number of aromatic nitrogens is 1. The molecule has 2 rings (SSSR count). The fraction of sp³-hybridized carbons (Fsp3) is 0.571. The fourth-order valence-electron chi connectivity index (χ4n) is 2.52. The number of hydrogen-bond acceptors (Lipinski definition) is 2. The molecule has 1 saturated heterocycles. The zero-order valence-corrected chi connectivity index (χ0v) is 11.0. The first kappa shape index (κ1) is 12.9. The Kier molecular flexibility index (Phi) is 3.84. The van der Waals surface area contributed by atoms with Crippen molar-refractivity contribution in [2.24, 2.45) is 11.8 Å². The largest absolute Gasteiger partial charge is 0.367 e. The van der Waals surface area contributed by atoms with Gasteiger partial charge in [0.1, 0.15) is 5.56 Å². The van der Waals surface area contributed by atoms with Gasteiger partial charge in [-0.25, -0.2) is 0 Å². The minimum Gasteiger partial charge on any atom is -0.367 e. The SMILES string of the molecule is CC(C)C1CCN(C(=O)c2c[nH]ccc2=O)CC1. The van der Waals surface area contributed by atoms with Gasteiger partial charge in [0, 0.05) is 31.5 Å². The number of pyridine rings is 1. The first-order chi connectivity index (χ1) is 8.59. The number of nitrogens with one attached hydrogen (secondary N) is 1. The summed E-state index contributed by atoms with van der Waals surface area (Å²) < 4.78 is 0. The summed E-state index contributed by atoms with van der Waals surface area (Å²) in [6.45, 7) is 5.97. The number of amides is 1. The van der Waals surface area contributed by atoms with E-state index in [-0.39, 0.29) is 16.9 Å². The van der Waals surface area contributed by atoms with Crippen molar-refractivity contribution >= 4 is 5.91 Å². The predicted octanol–water partition coefficient (Wildman–Crippen LogP) is 1.88. The van der Waals surface area contributed by atoms with E-state index in [0.717, 1.165) is 25.9 Å². The van der Waals surface area contributed by atoms with Gasteiger partial charge in [-0.05, 0) is 24.7 Å². The van der Waals surface area contributed by atoms with Crippen LogP contribution in [0.2, 0.25) is 0 Å². The van der Waals surface area contributed by atoms with Crippen molar-refractivity contribution < 1.29 is 4.79 Å². The maximum absolute atomic E-state index is 12.2. The van der Waals surface area contributed by atoms with Gasteiger partial charge in [0.15, 0.2) is 5.43 Å². The normalized spacial score (nSPS) is 17.2. The van der Waals surface area contributed by atoms with Gasteiger partial charge in [-0.3, -0.25) is 9.59 Å². The fourth-order valence-corrected chi connectivity index (χ4v) is 2.52. The van der Waals surface area contributed by atoms with Gasteiger partial charge in [-0.15, -0.1) is 0 Å². The first-order valence-corrected chi connectivity index (χ1v) is 6.56. The molecule has 0 saturated carbocycles. The van der Waals surface area contributed by atoms with E-state index >= 15 is 0 Å². The Balaban J connectivity index is 2.04. The number of aromatic amines is 1. The number of hydrogen-bond donors (Lipinski definition) is 1. The standard InChI is InChI=1S/C14H20N2O2/c1-10(2)11-4-7-16(8-5-11)14(18)12-9-15-6-3-13(12)17/h3,6,9-11H,4-5,7-8H2,1-2H3,(H,15,17). The summed E-state index contributed by atoms with van der Waals surface area (Å²) in [4.78, 5) is 28.4. The molecule has 4 heteroatoms. The van der Waals surface area contributed by atoms with Crippen LogP contribution in [0.4, 0.5) is 0 Å². The van der Waals surface area contributed by atoms with E-state index in [1.54, 1.807) is 11.1 Å². The highest BCUT2D eigenvalue weighted by Crippen LogP contribution is 2.24. The second kappa shape index (κ2) is 5.38. The molecule has 4 nitrogen and oxygen atoms in total. The van der Waals surface area contributed by atoms with E-state index in [2.05, 4.69) is 18.8 Å². The molecule has 1 N–H and O–H groups in total. The lowest BCUT2D eigenvalue weighted by Gasteiger charge is -2.33. The molecule has 0 spiro atoms. The van der Waals surface area contributed by atoms with Gasteiger partial charge in [0.2, 0.25) is 0 Å². The molecule has 1 fully saturated rings. The third kappa shape index (κ3) is 2.63. The Bertz CT molecular complexity index is 471. The quantitative estimate of drug-likeness (QED) is 0.868. The highest BCUT2D eigenvalue weighted by Gasteiger charge is 2.26. The van der Waals surface area contributed by atoms with Crippen molar-refractivity contribution in [3.63, 3.8) is 0 Å². The molecule has 98 valence electrons. The minimum atomic E-state index is -0.204. The van der Waals surface area contributed by atoms with E-state index in [4.69, 9.17) is 0 Å². The summed E-state index contributed by atoms with van der Waals surface area (Å²) in [5.74, 6) is 1.23. The van der Waals surface area contributed by atoms with Crippen LogP contribution in [-0.2, 0) is 0 Å². The van der Waals surface area contributed by atoms with Crippen molar-refractivity contribution in [2.45, 2.75) is 26.7 Å². The van der Waals surface area contributed by atoms with Gasteiger partial charge in [0.25, 0.3) is 5.91 Å². The van der Waals surface area contributed by atoms with Crippen LogP contribution in [0.1, 0.15) is 37.0 Å². The maximum atomic E-state index is 12.2. The second-order valence-electron chi connectivity index (χ2n) is 5.30. The molecule has 1 aromatic rings. The lowest BCUT2D eigenvalue weighted by Crippen LogP contribution is -2.41. The molecule has 1 aliphatic heterocycles. The molecule has 1 amide bonds. The van der Waals surface area contributed by atoms with Gasteiger partial charge in [-0.1, -0.05) is 13.8 Å². The maximum Gasteiger partial charge on any atom is 0.259 e. The number of carbonyl (C=O) groups excluding carboxylic acids is 1. The molecule has 2 heterocycles. The van der Waals surface area contributed by atoms with Crippen LogP contribution < -0.4 is 5.43 Å². The monoisotopic (exact) mass is 248 g/mol. The van der Waals surface area contributed by atoms with Gasteiger partial charge >= 0.3 is 0 Å². The summed E-state index contributed by atoms with van der Waals surface area (Å²) in [5, 5.41) is 0. The van der Waals surface area contributed by atoms with E-state index in [1.165, 1.54) is 12.3 Å². The molecule has 0 unspecified atom stereocenters. The van der Waals surface area contributed by atoms with Crippen LogP contribution in [0.15, 0.2) is 23.3 Å². The number of carbonyl (C=O) groups is 1. The summed E-state index contributed by atoms with van der Waals surface area (Å²) in [5.41, 5.74) is 0.0465. The molecular weight excluding hydrogens is 228 g/mol. The zero-order valence-electron chi connectivity index (χ0n) is 11.0. The molecule has 0 aliphatic carbocycles. The molecule has 0 bridgehead atoms. The Morgan fingerprint density at radius 2 is 2.06 bits per heavy atom. The molecule has 0 aromatic carbocycles. The van der Waals surface area contributed by atoms with Crippen molar-refractivity contribution in [3.05, 3.63) is 34.2 Å². The van der Waals surface area contributed by atoms with Gasteiger partial charge < -0.3 is 9.88 Å². The minimum absolute atomic E-state index is 0.140. The van der Waals surface area contributed by atoms with Crippen molar-refractivity contribution in [1.29, 1.82) is 0 Å². The molecule has 0 radical (unpaired) electrons. The van der Waals surface area contributed by atoms with Crippen LogP contribution in [0.25, 0.3) is 0 Å². The van der Waals surface area contributed by atoms with Gasteiger partial charge in [0.05, 0.1) is 0 Å². The average molecular weight is 248 g/mol. The molecule has 18 heavy (non-hydrogen) atoms. The van der Waals surface area contributed by atoms with Crippen LogP contribution in [-0.4, -0.2) is 28.9 Å². The Hall–Kier alpha value is -1.58. The Labute approximate surface area is 107 Å². The third-order valence-electron chi connectivity index (χ3n) is 3.82. The van der Waals surface area contributed by atoms with E-state index in [9.17, 15) is 9.59 Å². The van der Waals surface area contributed by atoms with Crippen molar-refractivity contribution in [2.75, 3.05) is 13.1 Å². The second-order valence-corrected chi connectivity index (χ2v) is 5.30. The number of H-pyrrole nitrogens is 1. The van der Waals surface area contributed by atoms with Crippen LogP contribution in [0.3, 0.4) is 0 Å². The highest BCUT2D eigenvalue weighted by molar-refractivity contribution is 5.93. The Morgan fingerprint density at radius 1 is 1.39 bits per heavy atom. The van der Waals surface area contributed by atoms with E-state index in [0.29, 0.717) is 11.8 Å². The van der Waals surface area contributed by atoms with Crippen LogP contribution in [0, 0.1) is 11.8 Å². The lowest BCUT2D eigenvalue weighted by atomic mass is 9.86. The molecule has 0 atom stereocenters. The summed E-state index contributed by atoms with van der Waals surface area (Å²) in [7, 11) is 0. The predicted molar refractivity (Wildman–Crippen MR) is 70.5 cm³/mol. The van der Waals surface area contributed by atoms with Crippen molar-refractivity contribution in [3.8, 4) is 0 Å². The molecule has 1 aromatic heterocycles. The number of nitrogens with zero attached hydrogens (tertiary/aromatic N) is 1. The Morgan fingerprint density at radius 3 is 2.61 bits per heavy atom. The van der Waals surface area contributed by atoms with Crippen LogP contribution in [0.5, 0.6) is 0 Å². The first-order valence-electron chi connectivity index (χ1n) is 6.56. The zero-order chi connectivity index (χ0) is 13.1. The lowest BCUT2D eigenvalue weighted by molar-refractivity contribution is 0.0666. The highest BCUT2D eigenvalue weighted by atomic mass is 16.2. The molecular formula is C14H20N2O2. The van der Waals surface area contributed by atoms with Crippen molar-refractivity contribution in [1.82, 2.24) is 9.88 Å². The summed E-state index contributed by atoms with van der Waals surface area (Å²) >= 11 is 0. The van der Waals surface area contributed by atoms with Crippen LogP contribution >= 0.6 is 0 Å². The average Bonchev–Trinajstić information content (AvgIpc) is 2.38. The summed E-state index contributed by atoms with van der Waals surface area (Å²) in [6, 6.07) is 1.40. The van der Waals surface area contributed by atoms with E-state index in [1.807, 2.05) is 0 Å². The van der Waals surface area contributed by atoms with E-state index < -0.39 is 0 Å². The topological polar surface area (TPSA) is 53.2 Å². The number of piperidine rings is 1. The number of likely N-dealkylation sites (tertiary alicyclic amines) is 1.